The van der Waals surface area contributed by atoms with Crippen molar-refractivity contribution < 1.29 is 9.53 Å². The van der Waals surface area contributed by atoms with E-state index in [2.05, 4.69) is 17.6 Å². The van der Waals surface area contributed by atoms with Gasteiger partial charge in [-0.15, -0.1) is 0 Å². The molecule has 0 saturated carbocycles. The van der Waals surface area contributed by atoms with E-state index in [-0.39, 0.29) is 0 Å². The Balaban J connectivity index is 2.16. The zero-order valence-corrected chi connectivity index (χ0v) is 11.2. The second-order valence-electron chi connectivity index (χ2n) is 4.31. The fourth-order valence-corrected chi connectivity index (χ4v) is 1.94. The average Bonchev–Trinajstić information content (AvgIpc) is 2.73. The maximum Gasteiger partial charge on any atom is 0.426 e. The minimum Gasteiger partial charge on any atom is -0.449 e. The van der Waals surface area contributed by atoms with E-state index >= 15 is 0 Å². The van der Waals surface area contributed by atoms with Gasteiger partial charge >= 0.3 is 6.09 Å². The van der Waals surface area contributed by atoms with Gasteiger partial charge in [0.2, 0.25) is 0 Å². The Bertz CT molecular complexity index is 547. The molecule has 1 heterocycles. The largest absolute Gasteiger partial charge is 0.449 e. The van der Waals surface area contributed by atoms with Gasteiger partial charge in [-0.05, 0) is 31.0 Å². The standard InChI is InChI=1S/C15H18N2O2/c1-3-19-15(18)16-17-10-9-12(2)14(17)11-13-7-5-4-6-8-13/h4-10H,3,11H2,1-2H3,(H,16,18). The lowest BCUT2D eigenvalue weighted by molar-refractivity contribution is 0.164. The van der Waals surface area contributed by atoms with Crippen LogP contribution in [-0.2, 0) is 11.2 Å². The van der Waals surface area contributed by atoms with Gasteiger partial charge in [-0.2, -0.15) is 0 Å². The summed E-state index contributed by atoms with van der Waals surface area (Å²) in [6.45, 7) is 4.17. The normalized spacial score (nSPS) is 10.2. The molecular weight excluding hydrogens is 240 g/mol. The molecule has 0 spiro atoms. The maximum atomic E-state index is 11.5. The average molecular weight is 258 g/mol. The van der Waals surface area contributed by atoms with Crippen molar-refractivity contribution in [1.29, 1.82) is 0 Å². The van der Waals surface area contributed by atoms with Crippen LogP contribution >= 0.6 is 0 Å². The topological polar surface area (TPSA) is 43.3 Å². The highest BCUT2D eigenvalue weighted by molar-refractivity contribution is 5.75. The number of carbonyl (C=O) groups excluding carboxylic acids is 1. The van der Waals surface area contributed by atoms with E-state index in [0.717, 1.165) is 17.7 Å². The summed E-state index contributed by atoms with van der Waals surface area (Å²) in [6, 6.07) is 12.1. The number of hydrogen-bond acceptors (Lipinski definition) is 2. The Morgan fingerprint density at radius 3 is 2.68 bits per heavy atom. The first kappa shape index (κ1) is 13.2. The SMILES string of the molecule is CCOC(=O)Nn1ccc(C)c1Cc1ccccc1. The Kier molecular flexibility index (Phi) is 4.23. The molecule has 1 amide bonds. The zero-order chi connectivity index (χ0) is 13.7. The highest BCUT2D eigenvalue weighted by Gasteiger charge is 2.09. The molecule has 1 N–H and O–H groups in total. The van der Waals surface area contributed by atoms with Crippen LogP contribution in [0.4, 0.5) is 4.79 Å². The summed E-state index contributed by atoms with van der Waals surface area (Å²) in [5.41, 5.74) is 6.11. The van der Waals surface area contributed by atoms with Crippen LogP contribution in [0.2, 0.25) is 0 Å². The van der Waals surface area contributed by atoms with Crippen LogP contribution in [0.15, 0.2) is 42.6 Å². The van der Waals surface area contributed by atoms with Crippen LogP contribution in [0.5, 0.6) is 0 Å². The van der Waals surface area contributed by atoms with Gasteiger partial charge in [0.25, 0.3) is 0 Å². The van der Waals surface area contributed by atoms with Gasteiger partial charge in [-0.1, -0.05) is 30.3 Å². The molecule has 0 atom stereocenters. The van der Waals surface area contributed by atoms with Gasteiger partial charge in [0.05, 0.1) is 6.61 Å². The van der Waals surface area contributed by atoms with Crippen LogP contribution in [0.25, 0.3) is 0 Å². The van der Waals surface area contributed by atoms with Crippen molar-refractivity contribution in [1.82, 2.24) is 4.68 Å². The third kappa shape index (κ3) is 3.37. The number of aryl methyl sites for hydroxylation is 1. The van der Waals surface area contributed by atoms with Crippen LogP contribution in [-0.4, -0.2) is 17.4 Å². The van der Waals surface area contributed by atoms with Gasteiger partial charge in [0.1, 0.15) is 0 Å². The molecule has 19 heavy (non-hydrogen) atoms. The third-order valence-electron chi connectivity index (χ3n) is 2.92. The smallest absolute Gasteiger partial charge is 0.426 e. The van der Waals surface area contributed by atoms with Crippen LogP contribution < -0.4 is 5.43 Å². The Morgan fingerprint density at radius 2 is 2.00 bits per heavy atom. The monoisotopic (exact) mass is 258 g/mol. The van der Waals surface area contributed by atoms with Crippen molar-refractivity contribution in [2.24, 2.45) is 0 Å². The van der Waals surface area contributed by atoms with Gasteiger partial charge in [-0.3, -0.25) is 4.68 Å². The van der Waals surface area contributed by atoms with Crippen molar-refractivity contribution in [2.45, 2.75) is 20.3 Å². The van der Waals surface area contributed by atoms with Gasteiger partial charge < -0.3 is 4.74 Å². The minimum absolute atomic E-state index is 0.361. The molecule has 0 saturated heterocycles. The Labute approximate surface area is 113 Å². The number of nitrogens with one attached hydrogen (secondary N) is 1. The van der Waals surface area contributed by atoms with Gasteiger partial charge in [0, 0.05) is 18.3 Å². The maximum absolute atomic E-state index is 11.5. The summed E-state index contributed by atoms with van der Waals surface area (Å²) in [4.78, 5) is 11.5. The van der Waals surface area contributed by atoms with Crippen LogP contribution in [0, 0.1) is 6.92 Å². The highest BCUT2D eigenvalue weighted by atomic mass is 16.5. The number of carbonyl (C=O) groups is 1. The molecule has 100 valence electrons. The first-order valence-corrected chi connectivity index (χ1v) is 6.35. The molecule has 0 radical (unpaired) electrons. The number of benzene rings is 1. The van der Waals surface area contributed by atoms with Crippen molar-refractivity contribution in [3.8, 4) is 0 Å². The van der Waals surface area contributed by atoms with E-state index in [1.165, 1.54) is 5.56 Å². The van der Waals surface area contributed by atoms with Crippen molar-refractivity contribution >= 4 is 6.09 Å². The van der Waals surface area contributed by atoms with Crippen LogP contribution in [0.3, 0.4) is 0 Å². The Hall–Kier alpha value is -2.23. The quantitative estimate of drug-likeness (QED) is 0.915. The minimum atomic E-state index is -0.438. The molecule has 1 aromatic carbocycles. The molecule has 0 unspecified atom stereocenters. The molecule has 2 aromatic rings. The lowest BCUT2D eigenvalue weighted by atomic mass is 10.1. The van der Waals surface area contributed by atoms with E-state index in [0.29, 0.717) is 6.61 Å². The van der Waals surface area contributed by atoms with Crippen LogP contribution in [0.1, 0.15) is 23.7 Å². The number of hydrogen-bond donors (Lipinski definition) is 1. The van der Waals surface area contributed by atoms with Crippen molar-refractivity contribution in [3.05, 3.63) is 59.4 Å². The van der Waals surface area contributed by atoms with E-state index < -0.39 is 6.09 Å². The molecule has 4 nitrogen and oxygen atoms in total. The second-order valence-corrected chi connectivity index (χ2v) is 4.31. The summed E-state index contributed by atoms with van der Waals surface area (Å²) in [5, 5.41) is 0. The predicted molar refractivity (Wildman–Crippen MR) is 74.8 cm³/mol. The molecule has 0 aliphatic rings. The van der Waals surface area contributed by atoms with E-state index in [4.69, 9.17) is 4.74 Å². The third-order valence-corrected chi connectivity index (χ3v) is 2.92. The molecule has 0 bridgehead atoms. The van der Waals surface area contributed by atoms with Crippen molar-refractivity contribution in [2.75, 3.05) is 12.0 Å². The second kappa shape index (κ2) is 6.09. The summed E-state index contributed by atoms with van der Waals surface area (Å²) in [6.07, 6.45) is 2.17. The summed E-state index contributed by atoms with van der Waals surface area (Å²) in [7, 11) is 0. The number of amides is 1. The number of aromatic nitrogens is 1. The summed E-state index contributed by atoms with van der Waals surface area (Å²) >= 11 is 0. The van der Waals surface area contributed by atoms with Gasteiger partial charge in [0.15, 0.2) is 0 Å². The molecule has 2 rings (SSSR count). The lowest BCUT2D eigenvalue weighted by Gasteiger charge is -2.11. The molecule has 0 aliphatic heterocycles. The molecule has 4 heteroatoms. The molecule has 1 aromatic heterocycles. The van der Waals surface area contributed by atoms with Crippen molar-refractivity contribution in [3.63, 3.8) is 0 Å². The van der Waals surface area contributed by atoms with E-state index in [1.54, 1.807) is 11.6 Å². The number of rotatable bonds is 4. The predicted octanol–water partition coefficient (Wildman–Crippen LogP) is 3.09. The Morgan fingerprint density at radius 1 is 1.26 bits per heavy atom. The molecular formula is C15H18N2O2. The van der Waals surface area contributed by atoms with E-state index in [1.807, 2.05) is 37.4 Å². The lowest BCUT2D eigenvalue weighted by Crippen LogP contribution is -2.24. The summed E-state index contributed by atoms with van der Waals surface area (Å²) < 4.78 is 6.61. The first-order valence-electron chi connectivity index (χ1n) is 6.35. The molecule has 0 aliphatic carbocycles. The number of nitrogens with zero attached hydrogens (tertiary/aromatic N) is 1. The van der Waals surface area contributed by atoms with E-state index in [9.17, 15) is 4.79 Å². The molecule has 0 fully saturated rings. The van der Waals surface area contributed by atoms with Gasteiger partial charge in [-0.25, -0.2) is 10.2 Å². The summed E-state index contributed by atoms with van der Waals surface area (Å²) in [5.74, 6) is 0. The fraction of sp³-hybridized carbons (Fsp3) is 0.267. The number of ether oxygens (including phenoxy) is 1. The fourth-order valence-electron chi connectivity index (χ4n) is 1.94. The highest BCUT2D eigenvalue weighted by Crippen LogP contribution is 2.14. The first-order chi connectivity index (χ1) is 9.20. The zero-order valence-electron chi connectivity index (χ0n) is 11.2.